The lowest BCUT2D eigenvalue weighted by atomic mass is 10.2. The highest BCUT2D eigenvalue weighted by atomic mass is 19.1. The fourth-order valence-electron chi connectivity index (χ4n) is 2.08. The van der Waals surface area contributed by atoms with Gasteiger partial charge in [-0.3, -0.25) is 0 Å². The number of fused-ring (bicyclic) bond motifs is 1. The maximum absolute atomic E-state index is 14.1. The van der Waals surface area contributed by atoms with Gasteiger partial charge in [0.1, 0.15) is 5.75 Å². The number of hydrogen-bond acceptors (Lipinski definition) is 3. The summed E-state index contributed by atoms with van der Waals surface area (Å²) in [6.07, 6.45) is -0.571. The molecule has 2 aromatic rings. The van der Waals surface area contributed by atoms with Crippen LogP contribution in [-0.2, 0) is 4.74 Å². The Hall–Kier alpha value is -2.04. The average Bonchev–Trinajstić information content (AvgIpc) is 2.66. The summed E-state index contributed by atoms with van der Waals surface area (Å²) in [5, 5.41) is 0.619. The lowest BCUT2D eigenvalue weighted by molar-refractivity contribution is 0.154. The lowest BCUT2D eigenvalue weighted by Gasteiger charge is -2.08. The van der Waals surface area contributed by atoms with E-state index in [1.807, 2.05) is 6.92 Å². The molecule has 19 heavy (non-hydrogen) atoms. The van der Waals surface area contributed by atoms with Crippen LogP contribution in [0.4, 0.5) is 9.18 Å². The monoisotopic (exact) mass is 265 g/mol. The number of hydrogen-bond donors (Lipinski definition) is 0. The number of benzene rings is 1. The highest BCUT2D eigenvalue weighted by Gasteiger charge is 2.18. The van der Waals surface area contributed by atoms with Crippen LogP contribution < -0.4 is 4.74 Å². The first kappa shape index (κ1) is 13.4. The Labute approximate surface area is 110 Å². The first-order valence-corrected chi connectivity index (χ1v) is 6.20. The minimum absolute atomic E-state index is 0.222. The molecule has 0 saturated carbocycles. The molecule has 4 nitrogen and oxygen atoms in total. The third-order valence-electron chi connectivity index (χ3n) is 2.77. The molecule has 0 aliphatic carbocycles. The Morgan fingerprint density at radius 2 is 2.00 bits per heavy atom. The number of rotatable bonds is 3. The van der Waals surface area contributed by atoms with Gasteiger partial charge in [0, 0.05) is 17.1 Å². The number of aryl methyl sites for hydroxylation is 1. The summed E-state index contributed by atoms with van der Waals surface area (Å²) in [4.78, 5) is 11.8. The van der Waals surface area contributed by atoms with E-state index in [0.29, 0.717) is 23.4 Å². The molecule has 1 aromatic heterocycles. The Morgan fingerprint density at radius 3 is 2.63 bits per heavy atom. The predicted octanol–water partition coefficient (Wildman–Crippen LogP) is 3.49. The van der Waals surface area contributed by atoms with Crippen LogP contribution in [0.15, 0.2) is 18.2 Å². The molecule has 1 aromatic carbocycles. The van der Waals surface area contributed by atoms with Crippen LogP contribution in [0, 0.1) is 12.7 Å². The molecule has 2 rings (SSSR count). The molecule has 0 spiro atoms. The molecular weight excluding hydrogens is 249 g/mol. The molecule has 0 aliphatic heterocycles. The van der Waals surface area contributed by atoms with Gasteiger partial charge in [-0.05, 0) is 32.9 Å². The molecule has 0 fully saturated rings. The van der Waals surface area contributed by atoms with Crippen molar-refractivity contribution in [3.05, 3.63) is 29.7 Å². The average molecular weight is 265 g/mol. The van der Waals surface area contributed by atoms with Gasteiger partial charge >= 0.3 is 6.09 Å². The zero-order valence-corrected chi connectivity index (χ0v) is 11.2. The molecule has 0 amide bonds. The molecule has 0 aliphatic rings. The number of aromatic nitrogens is 1. The topological polar surface area (TPSA) is 40.5 Å². The SMILES string of the molecule is CCOC(=O)n1c(C)cc2cc(OCC)cc(F)c21. The quantitative estimate of drug-likeness (QED) is 0.852. The molecule has 102 valence electrons. The van der Waals surface area contributed by atoms with Gasteiger partial charge in [-0.25, -0.2) is 13.8 Å². The van der Waals surface area contributed by atoms with Crippen molar-refractivity contribution < 1.29 is 18.7 Å². The third kappa shape index (κ3) is 2.41. The number of nitrogens with zero attached hydrogens (tertiary/aromatic N) is 1. The lowest BCUT2D eigenvalue weighted by Crippen LogP contribution is -2.15. The molecule has 0 atom stereocenters. The van der Waals surface area contributed by atoms with Crippen molar-refractivity contribution >= 4 is 17.0 Å². The highest BCUT2D eigenvalue weighted by Crippen LogP contribution is 2.27. The van der Waals surface area contributed by atoms with Crippen molar-refractivity contribution in [2.45, 2.75) is 20.8 Å². The number of carbonyl (C=O) groups excluding carboxylic acids is 1. The van der Waals surface area contributed by atoms with Gasteiger partial charge in [0.2, 0.25) is 0 Å². The van der Waals surface area contributed by atoms with Crippen molar-refractivity contribution in [3.8, 4) is 5.75 Å². The van der Waals surface area contributed by atoms with Crippen LogP contribution in [0.25, 0.3) is 10.9 Å². The standard InChI is InChI=1S/C14H16FNO3/c1-4-18-11-7-10-6-9(3)16(14(17)19-5-2)13(10)12(15)8-11/h6-8H,4-5H2,1-3H3. The fraction of sp³-hybridized carbons (Fsp3) is 0.357. The van der Waals surface area contributed by atoms with E-state index in [4.69, 9.17) is 9.47 Å². The molecule has 0 N–H and O–H groups in total. The largest absolute Gasteiger partial charge is 0.494 e. The van der Waals surface area contributed by atoms with Crippen molar-refractivity contribution in [2.75, 3.05) is 13.2 Å². The first-order valence-electron chi connectivity index (χ1n) is 6.20. The van der Waals surface area contributed by atoms with Crippen molar-refractivity contribution in [1.82, 2.24) is 4.57 Å². The van der Waals surface area contributed by atoms with E-state index in [1.54, 1.807) is 26.0 Å². The maximum atomic E-state index is 14.1. The molecule has 5 heteroatoms. The van der Waals surface area contributed by atoms with E-state index in [0.717, 1.165) is 0 Å². The van der Waals surface area contributed by atoms with E-state index in [9.17, 15) is 9.18 Å². The second-order valence-corrected chi connectivity index (χ2v) is 4.10. The summed E-state index contributed by atoms with van der Waals surface area (Å²) in [5.74, 6) is -0.0457. The molecule has 0 unspecified atom stereocenters. The predicted molar refractivity (Wildman–Crippen MR) is 70.2 cm³/mol. The van der Waals surface area contributed by atoms with Crippen LogP contribution in [0.5, 0.6) is 5.75 Å². The van der Waals surface area contributed by atoms with E-state index in [1.165, 1.54) is 10.6 Å². The van der Waals surface area contributed by atoms with Crippen LogP contribution in [-0.4, -0.2) is 23.9 Å². The van der Waals surface area contributed by atoms with Gasteiger partial charge in [-0.15, -0.1) is 0 Å². The Kier molecular flexibility index (Phi) is 3.74. The van der Waals surface area contributed by atoms with Crippen molar-refractivity contribution in [1.29, 1.82) is 0 Å². The minimum Gasteiger partial charge on any atom is -0.494 e. The van der Waals surface area contributed by atoms with E-state index in [-0.39, 0.29) is 12.1 Å². The highest BCUT2D eigenvalue weighted by molar-refractivity contribution is 5.92. The van der Waals surface area contributed by atoms with Gasteiger partial charge in [0.15, 0.2) is 5.82 Å². The van der Waals surface area contributed by atoms with Crippen LogP contribution in [0.3, 0.4) is 0 Å². The smallest absolute Gasteiger partial charge is 0.418 e. The Morgan fingerprint density at radius 1 is 1.26 bits per heavy atom. The Balaban J connectivity index is 2.60. The summed E-state index contributed by atoms with van der Waals surface area (Å²) in [6.45, 7) is 5.98. The zero-order chi connectivity index (χ0) is 14.0. The fourth-order valence-corrected chi connectivity index (χ4v) is 2.08. The molecular formula is C14H16FNO3. The third-order valence-corrected chi connectivity index (χ3v) is 2.77. The minimum atomic E-state index is -0.571. The van der Waals surface area contributed by atoms with Crippen molar-refractivity contribution in [2.24, 2.45) is 0 Å². The van der Waals surface area contributed by atoms with Crippen LogP contribution >= 0.6 is 0 Å². The molecule has 0 radical (unpaired) electrons. The van der Waals surface area contributed by atoms with E-state index >= 15 is 0 Å². The van der Waals surface area contributed by atoms with Gasteiger partial charge in [-0.2, -0.15) is 0 Å². The second-order valence-electron chi connectivity index (χ2n) is 4.10. The Bertz CT molecular complexity index is 619. The van der Waals surface area contributed by atoms with Crippen LogP contribution in [0.1, 0.15) is 19.5 Å². The molecule has 0 saturated heterocycles. The number of carbonyl (C=O) groups is 1. The molecule has 0 bridgehead atoms. The van der Waals surface area contributed by atoms with Crippen molar-refractivity contribution in [3.63, 3.8) is 0 Å². The molecule has 1 heterocycles. The van der Waals surface area contributed by atoms with Gasteiger partial charge in [0.05, 0.1) is 18.7 Å². The van der Waals surface area contributed by atoms with Gasteiger partial charge < -0.3 is 9.47 Å². The summed E-state index contributed by atoms with van der Waals surface area (Å²) in [5.41, 5.74) is 0.848. The summed E-state index contributed by atoms with van der Waals surface area (Å²) >= 11 is 0. The van der Waals surface area contributed by atoms with Gasteiger partial charge in [-0.1, -0.05) is 0 Å². The summed E-state index contributed by atoms with van der Waals surface area (Å²) < 4.78 is 25.6. The zero-order valence-electron chi connectivity index (χ0n) is 11.2. The normalized spacial score (nSPS) is 10.7. The van der Waals surface area contributed by atoms with Gasteiger partial charge in [0.25, 0.3) is 0 Å². The maximum Gasteiger partial charge on any atom is 0.418 e. The summed E-state index contributed by atoms with van der Waals surface area (Å²) in [7, 11) is 0. The number of ether oxygens (including phenoxy) is 2. The first-order chi connectivity index (χ1) is 9.08. The van der Waals surface area contributed by atoms with E-state index < -0.39 is 11.9 Å². The van der Waals surface area contributed by atoms with Crippen LogP contribution in [0.2, 0.25) is 0 Å². The second kappa shape index (κ2) is 5.30. The number of halogens is 1. The van der Waals surface area contributed by atoms with E-state index in [2.05, 4.69) is 0 Å². The summed E-state index contributed by atoms with van der Waals surface area (Å²) in [6, 6.07) is 4.73.